The molecular formula is C27H29N5O3S. The van der Waals surface area contributed by atoms with Gasteiger partial charge in [0.15, 0.2) is 0 Å². The molecule has 4 N–H and O–H groups in total. The van der Waals surface area contributed by atoms with Crippen molar-refractivity contribution in [3.05, 3.63) is 89.5 Å². The van der Waals surface area contributed by atoms with Crippen molar-refractivity contribution in [1.29, 1.82) is 0 Å². The van der Waals surface area contributed by atoms with Crippen LogP contribution in [0.3, 0.4) is 0 Å². The van der Waals surface area contributed by atoms with E-state index in [9.17, 15) is 13.2 Å². The van der Waals surface area contributed by atoms with Gasteiger partial charge in [0.25, 0.3) is 5.91 Å². The highest BCUT2D eigenvalue weighted by molar-refractivity contribution is 7.92. The number of sulfonamides is 1. The highest BCUT2D eigenvalue weighted by Gasteiger charge is 2.29. The monoisotopic (exact) mass is 503 g/mol. The van der Waals surface area contributed by atoms with Gasteiger partial charge in [-0.15, -0.1) is 0 Å². The number of carbonyl (C=O) groups excluding carboxylic acids is 1. The third-order valence-electron chi connectivity index (χ3n) is 6.22. The second-order valence-corrected chi connectivity index (χ2v) is 10.8. The topological polar surface area (TPSA) is 103 Å². The van der Waals surface area contributed by atoms with Crippen LogP contribution in [0.2, 0.25) is 0 Å². The SMILES string of the molecule is CS(=O)(=O)Nc1ccc2c(c1)/C(=C(\Nc1ccc(CN3CCNCC3)cc1)c1ccccc1)C(=O)N2. The molecule has 8 nitrogen and oxygen atoms in total. The summed E-state index contributed by atoms with van der Waals surface area (Å²) in [7, 11) is -3.46. The molecule has 5 rings (SSSR count). The number of hydrogen-bond acceptors (Lipinski definition) is 6. The number of benzene rings is 3. The van der Waals surface area contributed by atoms with E-state index in [-0.39, 0.29) is 5.91 Å². The van der Waals surface area contributed by atoms with Crippen LogP contribution in [-0.4, -0.2) is 51.7 Å². The van der Waals surface area contributed by atoms with Gasteiger partial charge >= 0.3 is 0 Å². The quantitative estimate of drug-likeness (QED) is 0.369. The molecule has 186 valence electrons. The molecule has 9 heteroatoms. The third kappa shape index (κ3) is 5.59. The summed E-state index contributed by atoms with van der Waals surface area (Å²) in [6, 6.07) is 22.9. The molecule has 0 aromatic heterocycles. The average molecular weight is 504 g/mol. The van der Waals surface area contributed by atoms with Crippen molar-refractivity contribution >= 4 is 44.3 Å². The maximum atomic E-state index is 13.1. The minimum Gasteiger partial charge on any atom is -0.354 e. The van der Waals surface area contributed by atoms with Crippen LogP contribution in [0.1, 0.15) is 16.7 Å². The van der Waals surface area contributed by atoms with Crippen LogP contribution >= 0.6 is 0 Å². The van der Waals surface area contributed by atoms with Gasteiger partial charge in [0, 0.05) is 55.3 Å². The van der Waals surface area contributed by atoms with Crippen molar-refractivity contribution in [2.45, 2.75) is 6.54 Å². The van der Waals surface area contributed by atoms with Gasteiger partial charge in [-0.1, -0.05) is 42.5 Å². The highest BCUT2D eigenvalue weighted by Crippen LogP contribution is 2.39. The number of anilines is 3. The molecule has 0 spiro atoms. The van der Waals surface area contributed by atoms with E-state index in [1.807, 2.05) is 42.5 Å². The second kappa shape index (κ2) is 10.1. The molecule has 3 aromatic rings. The molecule has 0 atom stereocenters. The smallest absolute Gasteiger partial charge is 0.258 e. The number of amides is 1. The van der Waals surface area contributed by atoms with E-state index in [0.717, 1.165) is 50.2 Å². The molecule has 36 heavy (non-hydrogen) atoms. The van der Waals surface area contributed by atoms with Crippen LogP contribution in [0.25, 0.3) is 11.3 Å². The molecule has 0 unspecified atom stereocenters. The van der Waals surface area contributed by atoms with Gasteiger partial charge in [0.05, 0.1) is 17.5 Å². The van der Waals surface area contributed by atoms with E-state index in [1.165, 1.54) is 5.56 Å². The van der Waals surface area contributed by atoms with Crippen molar-refractivity contribution in [1.82, 2.24) is 10.2 Å². The molecule has 1 saturated heterocycles. The van der Waals surface area contributed by atoms with Crippen LogP contribution in [0.4, 0.5) is 17.1 Å². The Balaban J connectivity index is 1.50. The molecule has 0 aliphatic carbocycles. The standard InChI is InChI=1S/C27H29N5O3S/c1-36(34,35)31-22-11-12-24-23(17-22)25(27(33)30-24)26(20-5-3-2-4-6-20)29-21-9-7-19(8-10-21)18-32-15-13-28-14-16-32/h2-12,17,28-29,31H,13-16,18H2,1H3,(H,30,33)/b26-25+. The lowest BCUT2D eigenvalue weighted by Crippen LogP contribution is -2.42. The van der Waals surface area contributed by atoms with E-state index in [0.29, 0.717) is 28.2 Å². The Bertz CT molecular complexity index is 1400. The Morgan fingerprint density at radius 1 is 0.944 bits per heavy atom. The van der Waals surface area contributed by atoms with Gasteiger partial charge in [0.2, 0.25) is 10.0 Å². The predicted octanol–water partition coefficient (Wildman–Crippen LogP) is 3.40. The molecule has 2 aliphatic rings. The van der Waals surface area contributed by atoms with Crippen molar-refractivity contribution in [2.75, 3.05) is 47.8 Å². The van der Waals surface area contributed by atoms with Crippen LogP contribution in [0.15, 0.2) is 72.8 Å². The molecular weight excluding hydrogens is 474 g/mol. The summed E-state index contributed by atoms with van der Waals surface area (Å²) in [5, 5.41) is 9.74. The van der Waals surface area contributed by atoms with E-state index >= 15 is 0 Å². The van der Waals surface area contributed by atoms with Gasteiger partial charge in [-0.05, 0) is 41.5 Å². The summed E-state index contributed by atoms with van der Waals surface area (Å²) in [5.74, 6) is -0.247. The molecule has 0 radical (unpaired) electrons. The summed E-state index contributed by atoms with van der Waals surface area (Å²) in [5.41, 5.74) is 5.72. The van der Waals surface area contributed by atoms with Gasteiger partial charge < -0.3 is 16.0 Å². The molecule has 3 aromatic carbocycles. The maximum absolute atomic E-state index is 13.1. The number of nitrogens with zero attached hydrogens (tertiary/aromatic N) is 1. The fraction of sp³-hybridized carbons (Fsp3) is 0.222. The lowest BCUT2D eigenvalue weighted by Gasteiger charge is -2.27. The Hall–Kier alpha value is -3.66. The zero-order chi connectivity index (χ0) is 25.1. The first kappa shape index (κ1) is 24.1. The molecule has 0 saturated carbocycles. The molecule has 1 fully saturated rings. The normalized spacial score (nSPS) is 17.3. The second-order valence-electron chi connectivity index (χ2n) is 9.05. The Kier molecular flexibility index (Phi) is 6.77. The zero-order valence-corrected chi connectivity index (χ0v) is 20.9. The molecule has 1 amide bonds. The number of carbonyl (C=O) groups is 1. The van der Waals surface area contributed by atoms with Crippen molar-refractivity contribution < 1.29 is 13.2 Å². The summed E-state index contributed by atoms with van der Waals surface area (Å²) < 4.78 is 26.0. The van der Waals surface area contributed by atoms with E-state index in [2.05, 4.69) is 37.7 Å². The zero-order valence-electron chi connectivity index (χ0n) is 20.0. The number of hydrogen-bond donors (Lipinski definition) is 4. The Morgan fingerprint density at radius 2 is 1.64 bits per heavy atom. The van der Waals surface area contributed by atoms with Crippen LogP contribution < -0.4 is 20.7 Å². The van der Waals surface area contributed by atoms with E-state index in [1.54, 1.807) is 18.2 Å². The highest BCUT2D eigenvalue weighted by atomic mass is 32.2. The summed E-state index contributed by atoms with van der Waals surface area (Å²) in [6.07, 6.45) is 1.10. The van der Waals surface area contributed by atoms with E-state index < -0.39 is 10.0 Å². The summed E-state index contributed by atoms with van der Waals surface area (Å²) >= 11 is 0. The molecule has 0 bridgehead atoms. The maximum Gasteiger partial charge on any atom is 0.258 e. The van der Waals surface area contributed by atoms with Gasteiger partial charge in [0.1, 0.15) is 0 Å². The first-order valence-electron chi connectivity index (χ1n) is 11.9. The van der Waals surface area contributed by atoms with Gasteiger partial charge in [-0.3, -0.25) is 14.4 Å². The van der Waals surface area contributed by atoms with Crippen molar-refractivity contribution in [3.63, 3.8) is 0 Å². The van der Waals surface area contributed by atoms with E-state index in [4.69, 9.17) is 0 Å². The minimum absolute atomic E-state index is 0.247. The lowest BCUT2D eigenvalue weighted by molar-refractivity contribution is -0.110. The van der Waals surface area contributed by atoms with Crippen molar-refractivity contribution in [3.8, 4) is 0 Å². The largest absolute Gasteiger partial charge is 0.354 e. The van der Waals surface area contributed by atoms with Crippen LogP contribution in [0.5, 0.6) is 0 Å². The number of rotatable bonds is 7. The van der Waals surface area contributed by atoms with Crippen LogP contribution in [-0.2, 0) is 21.4 Å². The third-order valence-corrected chi connectivity index (χ3v) is 6.83. The minimum atomic E-state index is -3.46. The Morgan fingerprint density at radius 3 is 2.33 bits per heavy atom. The average Bonchev–Trinajstić information content (AvgIpc) is 3.18. The van der Waals surface area contributed by atoms with Gasteiger partial charge in [-0.25, -0.2) is 8.42 Å². The fourth-order valence-electron chi connectivity index (χ4n) is 4.54. The molecule has 2 heterocycles. The number of piperazine rings is 1. The number of fused-ring (bicyclic) bond motifs is 1. The fourth-order valence-corrected chi connectivity index (χ4v) is 5.10. The first-order chi connectivity index (χ1) is 17.4. The van der Waals surface area contributed by atoms with Crippen molar-refractivity contribution in [2.24, 2.45) is 0 Å². The first-order valence-corrected chi connectivity index (χ1v) is 13.8. The summed E-state index contributed by atoms with van der Waals surface area (Å²) in [6.45, 7) is 5.00. The Labute approximate surface area is 211 Å². The van der Waals surface area contributed by atoms with Crippen LogP contribution in [0, 0.1) is 0 Å². The molecule has 2 aliphatic heterocycles. The number of nitrogens with one attached hydrogen (secondary N) is 4. The lowest BCUT2D eigenvalue weighted by atomic mass is 9.99. The predicted molar refractivity (Wildman–Crippen MR) is 145 cm³/mol. The summed E-state index contributed by atoms with van der Waals surface area (Å²) in [4.78, 5) is 15.6. The van der Waals surface area contributed by atoms with Gasteiger partial charge in [-0.2, -0.15) is 0 Å².